The number of morpholine rings is 1. The van der Waals surface area contributed by atoms with Crippen molar-refractivity contribution >= 4 is 5.91 Å². The summed E-state index contributed by atoms with van der Waals surface area (Å²) >= 11 is 0. The number of carbonyl (C=O) groups is 1. The van der Waals surface area contributed by atoms with Crippen LogP contribution in [0.2, 0.25) is 0 Å². The van der Waals surface area contributed by atoms with Crippen LogP contribution in [0.25, 0.3) is 0 Å². The van der Waals surface area contributed by atoms with Gasteiger partial charge in [0, 0.05) is 39.1 Å². The first-order valence-corrected chi connectivity index (χ1v) is 7.14. The highest BCUT2D eigenvalue weighted by Crippen LogP contribution is 2.24. The van der Waals surface area contributed by atoms with Crippen LogP contribution in [0.3, 0.4) is 0 Å². The van der Waals surface area contributed by atoms with Gasteiger partial charge in [0.05, 0.1) is 12.1 Å². The molecule has 0 unspecified atom stereocenters. The molecule has 0 aromatic carbocycles. The van der Waals surface area contributed by atoms with Crippen molar-refractivity contribution in [3.8, 4) is 0 Å². The molecular weight excluding hydrogens is 254 g/mol. The molecule has 2 aliphatic rings. The van der Waals surface area contributed by atoms with Crippen LogP contribution in [-0.2, 0) is 16.1 Å². The van der Waals surface area contributed by atoms with E-state index < -0.39 is 0 Å². The highest BCUT2D eigenvalue weighted by atomic mass is 16.5. The second-order valence-corrected chi connectivity index (χ2v) is 5.75. The molecule has 3 rings (SSSR count). The molecule has 0 radical (unpaired) electrons. The fraction of sp³-hybridized carbons (Fsp3) is 0.600. The van der Waals surface area contributed by atoms with Crippen LogP contribution in [0.4, 0.5) is 0 Å². The zero-order chi connectivity index (χ0) is 14.1. The average Bonchev–Trinajstić information content (AvgIpc) is 2.46. The molecule has 2 saturated heterocycles. The fourth-order valence-electron chi connectivity index (χ4n) is 3.07. The first-order valence-electron chi connectivity index (χ1n) is 7.14. The van der Waals surface area contributed by atoms with Crippen molar-refractivity contribution in [2.24, 2.45) is 0 Å². The van der Waals surface area contributed by atoms with Gasteiger partial charge in [0.15, 0.2) is 0 Å². The van der Waals surface area contributed by atoms with Crippen molar-refractivity contribution in [3.63, 3.8) is 0 Å². The SMILES string of the molecule is Cc1cnccc1CN1CC[C@H]2OCC(=O)N(C)[C@H]2C1. The summed E-state index contributed by atoms with van der Waals surface area (Å²) in [5.41, 5.74) is 2.53. The van der Waals surface area contributed by atoms with Gasteiger partial charge in [-0.1, -0.05) is 0 Å². The highest BCUT2D eigenvalue weighted by Gasteiger charge is 2.38. The Morgan fingerprint density at radius 3 is 3.15 bits per heavy atom. The van der Waals surface area contributed by atoms with E-state index in [9.17, 15) is 4.79 Å². The number of rotatable bonds is 2. The van der Waals surface area contributed by atoms with E-state index in [0.29, 0.717) is 0 Å². The number of amides is 1. The Morgan fingerprint density at radius 1 is 1.50 bits per heavy atom. The maximum atomic E-state index is 11.7. The standard InChI is InChI=1S/C15H21N3O2/c1-11-7-16-5-3-12(11)8-18-6-4-14-13(9-18)17(2)15(19)10-20-14/h3,5,7,13-14H,4,6,8-10H2,1-2H3/t13-,14+/m0/s1. The van der Waals surface area contributed by atoms with Crippen LogP contribution < -0.4 is 0 Å². The van der Waals surface area contributed by atoms with E-state index in [1.54, 1.807) is 0 Å². The molecule has 2 aliphatic heterocycles. The van der Waals surface area contributed by atoms with Crippen molar-refractivity contribution in [3.05, 3.63) is 29.6 Å². The van der Waals surface area contributed by atoms with Crippen LogP contribution in [0.5, 0.6) is 0 Å². The first kappa shape index (κ1) is 13.5. The molecule has 2 atom stereocenters. The third kappa shape index (κ3) is 2.55. The van der Waals surface area contributed by atoms with Gasteiger partial charge in [0.2, 0.25) is 5.91 Å². The Balaban J connectivity index is 1.68. The molecule has 2 fully saturated rings. The van der Waals surface area contributed by atoms with E-state index in [2.05, 4.69) is 22.9 Å². The van der Waals surface area contributed by atoms with Gasteiger partial charge >= 0.3 is 0 Å². The number of piperidine rings is 1. The van der Waals surface area contributed by atoms with Gasteiger partial charge in [0.1, 0.15) is 6.61 Å². The molecular formula is C15H21N3O2. The average molecular weight is 275 g/mol. The summed E-state index contributed by atoms with van der Waals surface area (Å²) in [6.07, 6.45) is 4.94. The van der Waals surface area contributed by atoms with E-state index in [0.717, 1.165) is 26.1 Å². The van der Waals surface area contributed by atoms with Crippen LogP contribution in [-0.4, -0.2) is 59.6 Å². The number of ether oxygens (including phenoxy) is 1. The lowest BCUT2D eigenvalue weighted by molar-refractivity contribution is -0.160. The molecule has 1 aromatic rings. The van der Waals surface area contributed by atoms with Gasteiger partial charge in [-0.2, -0.15) is 0 Å². The van der Waals surface area contributed by atoms with E-state index >= 15 is 0 Å². The number of hydrogen-bond acceptors (Lipinski definition) is 4. The molecule has 1 aromatic heterocycles. The van der Waals surface area contributed by atoms with Crippen LogP contribution in [0.1, 0.15) is 17.5 Å². The second-order valence-electron chi connectivity index (χ2n) is 5.75. The number of hydrogen-bond donors (Lipinski definition) is 0. The maximum Gasteiger partial charge on any atom is 0.248 e. The van der Waals surface area contributed by atoms with Crippen LogP contribution >= 0.6 is 0 Å². The van der Waals surface area contributed by atoms with Crippen molar-refractivity contribution in [1.82, 2.24) is 14.8 Å². The minimum absolute atomic E-state index is 0.0909. The number of aryl methyl sites for hydroxylation is 1. The van der Waals surface area contributed by atoms with E-state index in [-0.39, 0.29) is 24.7 Å². The lowest BCUT2D eigenvalue weighted by Crippen LogP contribution is -2.60. The normalized spacial score (nSPS) is 27.5. The number of likely N-dealkylation sites (N-methyl/N-ethyl adjacent to an activating group) is 1. The zero-order valence-electron chi connectivity index (χ0n) is 12.1. The Kier molecular flexibility index (Phi) is 3.72. The number of fused-ring (bicyclic) bond motifs is 1. The summed E-state index contributed by atoms with van der Waals surface area (Å²) in [5.74, 6) is 0.0909. The Hall–Kier alpha value is -1.46. The fourth-order valence-corrected chi connectivity index (χ4v) is 3.07. The van der Waals surface area contributed by atoms with Crippen LogP contribution in [0.15, 0.2) is 18.5 Å². The van der Waals surface area contributed by atoms with Gasteiger partial charge in [-0.05, 0) is 30.5 Å². The summed E-state index contributed by atoms with van der Waals surface area (Å²) in [4.78, 5) is 20.1. The van der Waals surface area contributed by atoms with Crippen molar-refractivity contribution in [1.29, 1.82) is 0 Å². The molecule has 20 heavy (non-hydrogen) atoms. The van der Waals surface area contributed by atoms with E-state index in [4.69, 9.17) is 4.74 Å². The summed E-state index contributed by atoms with van der Waals surface area (Å²) in [5, 5.41) is 0. The molecule has 0 N–H and O–H groups in total. The van der Waals surface area contributed by atoms with E-state index in [1.807, 2.05) is 24.3 Å². The lowest BCUT2D eigenvalue weighted by Gasteiger charge is -2.45. The summed E-state index contributed by atoms with van der Waals surface area (Å²) in [6, 6.07) is 2.26. The minimum atomic E-state index is 0.0909. The largest absolute Gasteiger partial charge is 0.366 e. The number of aromatic nitrogens is 1. The first-order chi connectivity index (χ1) is 9.65. The monoisotopic (exact) mass is 275 g/mol. The van der Waals surface area contributed by atoms with Gasteiger partial charge in [0.25, 0.3) is 0 Å². The number of pyridine rings is 1. The Bertz CT molecular complexity index is 506. The summed E-state index contributed by atoms with van der Waals surface area (Å²) < 4.78 is 5.66. The molecule has 0 spiro atoms. The molecule has 0 aliphatic carbocycles. The van der Waals surface area contributed by atoms with Gasteiger partial charge < -0.3 is 9.64 Å². The number of nitrogens with zero attached hydrogens (tertiary/aromatic N) is 3. The van der Waals surface area contributed by atoms with Crippen molar-refractivity contribution < 1.29 is 9.53 Å². The van der Waals surface area contributed by atoms with Gasteiger partial charge in [-0.15, -0.1) is 0 Å². The Labute approximate surface area is 119 Å². The van der Waals surface area contributed by atoms with E-state index in [1.165, 1.54) is 11.1 Å². The molecule has 108 valence electrons. The quantitative estimate of drug-likeness (QED) is 0.802. The van der Waals surface area contributed by atoms with Gasteiger partial charge in [-0.25, -0.2) is 0 Å². The minimum Gasteiger partial charge on any atom is -0.366 e. The summed E-state index contributed by atoms with van der Waals surface area (Å²) in [6.45, 7) is 5.15. The predicted octanol–water partition coefficient (Wildman–Crippen LogP) is 0.822. The number of carbonyl (C=O) groups excluding carboxylic acids is 1. The third-order valence-corrected chi connectivity index (χ3v) is 4.45. The third-order valence-electron chi connectivity index (χ3n) is 4.45. The predicted molar refractivity (Wildman–Crippen MR) is 75.2 cm³/mol. The van der Waals surface area contributed by atoms with Crippen molar-refractivity contribution in [2.45, 2.75) is 32.0 Å². The molecule has 5 nitrogen and oxygen atoms in total. The molecule has 0 saturated carbocycles. The molecule has 0 bridgehead atoms. The maximum absolute atomic E-state index is 11.7. The molecule has 5 heteroatoms. The van der Waals surface area contributed by atoms with Gasteiger partial charge in [-0.3, -0.25) is 14.7 Å². The second kappa shape index (κ2) is 5.50. The zero-order valence-corrected chi connectivity index (χ0v) is 12.1. The molecule has 1 amide bonds. The summed E-state index contributed by atoms with van der Waals surface area (Å²) in [7, 11) is 1.89. The number of likely N-dealkylation sites (tertiary alicyclic amines) is 1. The smallest absolute Gasteiger partial charge is 0.248 e. The Morgan fingerprint density at radius 2 is 2.35 bits per heavy atom. The van der Waals surface area contributed by atoms with Crippen LogP contribution in [0, 0.1) is 6.92 Å². The topological polar surface area (TPSA) is 45.7 Å². The highest BCUT2D eigenvalue weighted by molar-refractivity contribution is 5.78. The lowest BCUT2D eigenvalue weighted by atomic mass is 9.98. The van der Waals surface area contributed by atoms with Crippen molar-refractivity contribution in [2.75, 3.05) is 26.7 Å². The molecule has 3 heterocycles.